The lowest BCUT2D eigenvalue weighted by Gasteiger charge is -1.99. The van der Waals surface area contributed by atoms with Crippen molar-refractivity contribution in [1.82, 2.24) is 4.98 Å². The Kier molecular flexibility index (Phi) is 3.14. The third-order valence-corrected chi connectivity index (χ3v) is 3.63. The molecular weight excluding hydrogens is 279 g/mol. The Morgan fingerprint density at radius 1 is 1.47 bits per heavy atom. The molecule has 2 nitrogen and oxygen atoms in total. The summed E-state index contributed by atoms with van der Waals surface area (Å²) in [6, 6.07) is 4.56. The molecule has 0 spiro atoms. The molecular formula is C10H8BrFN2S. The first kappa shape index (κ1) is 10.7. The van der Waals surface area contributed by atoms with Gasteiger partial charge in [-0.25, -0.2) is 9.37 Å². The van der Waals surface area contributed by atoms with E-state index in [0.717, 1.165) is 15.4 Å². The van der Waals surface area contributed by atoms with Crippen molar-refractivity contribution in [2.75, 3.05) is 0 Å². The van der Waals surface area contributed by atoms with Crippen molar-refractivity contribution in [1.29, 1.82) is 0 Å². The van der Waals surface area contributed by atoms with Gasteiger partial charge in [0.2, 0.25) is 0 Å². The van der Waals surface area contributed by atoms with Crippen LogP contribution in [0.2, 0.25) is 0 Å². The lowest BCUT2D eigenvalue weighted by Crippen LogP contribution is -1.91. The van der Waals surface area contributed by atoms with E-state index in [9.17, 15) is 4.39 Å². The monoisotopic (exact) mass is 286 g/mol. The first-order valence-electron chi connectivity index (χ1n) is 4.31. The summed E-state index contributed by atoms with van der Waals surface area (Å²) in [5.74, 6) is -0.263. The van der Waals surface area contributed by atoms with Crippen molar-refractivity contribution in [3.63, 3.8) is 0 Å². The average Bonchev–Trinajstić information content (AvgIpc) is 2.66. The minimum atomic E-state index is -0.263. The van der Waals surface area contributed by atoms with Crippen molar-refractivity contribution in [3.05, 3.63) is 39.6 Å². The summed E-state index contributed by atoms with van der Waals surface area (Å²) in [4.78, 5) is 5.25. The van der Waals surface area contributed by atoms with E-state index >= 15 is 0 Å². The zero-order valence-corrected chi connectivity index (χ0v) is 10.1. The molecule has 1 aromatic carbocycles. The van der Waals surface area contributed by atoms with Crippen molar-refractivity contribution < 1.29 is 4.39 Å². The van der Waals surface area contributed by atoms with E-state index in [4.69, 9.17) is 5.73 Å². The highest BCUT2D eigenvalue weighted by Gasteiger charge is 2.08. The standard InChI is InChI=1S/C10H8BrFN2S/c11-9-3-6(12)1-2-8(9)10-14-5-7(4-13)15-10/h1-3,5H,4,13H2. The van der Waals surface area contributed by atoms with Gasteiger partial charge >= 0.3 is 0 Å². The van der Waals surface area contributed by atoms with E-state index in [-0.39, 0.29) is 5.82 Å². The topological polar surface area (TPSA) is 38.9 Å². The number of hydrogen-bond acceptors (Lipinski definition) is 3. The van der Waals surface area contributed by atoms with Gasteiger partial charge in [0, 0.05) is 27.7 Å². The molecule has 2 rings (SSSR count). The SMILES string of the molecule is NCc1cnc(-c2ccc(F)cc2Br)s1. The Bertz CT molecular complexity index is 484. The number of rotatable bonds is 2. The van der Waals surface area contributed by atoms with Crippen LogP contribution in [0.3, 0.4) is 0 Å². The van der Waals surface area contributed by atoms with Gasteiger partial charge in [-0.3, -0.25) is 0 Å². The Morgan fingerprint density at radius 2 is 2.27 bits per heavy atom. The lowest BCUT2D eigenvalue weighted by molar-refractivity contribution is 0.627. The number of hydrogen-bond donors (Lipinski definition) is 1. The Balaban J connectivity index is 2.44. The molecule has 15 heavy (non-hydrogen) atoms. The normalized spacial score (nSPS) is 10.6. The third-order valence-electron chi connectivity index (χ3n) is 1.92. The van der Waals surface area contributed by atoms with Gasteiger partial charge in [0.05, 0.1) is 0 Å². The molecule has 0 bridgehead atoms. The highest BCUT2D eigenvalue weighted by molar-refractivity contribution is 9.10. The van der Waals surface area contributed by atoms with Crippen LogP contribution in [0.1, 0.15) is 4.88 Å². The maximum atomic E-state index is 12.9. The Hall–Kier alpha value is -0.780. The van der Waals surface area contributed by atoms with Crippen LogP contribution in [-0.2, 0) is 6.54 Å². The van der Waals surface area contributed by atoms with Crippen molar-refractivity contribution in [2.45, 2.75) is 6.54 Å². The minimum Gasteiger partial charge on any atom is -0.326 e. The quantitative estimate of drug-likeness (QED) is 0.921. The van der Waals surface area contributed by atoms with E-state index in [2.05, 4.69) is 20.9 Å². The zero-order chi connectivity index (χ0) is 10.8. The van der Waals surface area contributed by atoms with Crippen LogP contribution in [0.25, 0.3) is 10.6 Å². The van der Waals surface area contributed by atoms with Gasteiger partial charge < -0.3 is 5.73 Å². The number of halogens is 2. The summed E-state index contributed by atoms with van der Waals surface area (Å²) in [5, 5.41) is 0.849. The van der Waals surface area contributed by atoms with Crippen LogP contribution in [0.15, 0.2) is 28.9 Å². The number of nitrogens with zero attached hydrogens (tertiary/aromatic N) is 1. The summed E-state index contributed by atoms with van der Waals surface area (Å²) in [7, 11) is 0. The molecule has 0 saturated heterocycles. The summed E-state index contributed by atoms with van der Waals surface area (Å²) in [5.41, 5.74) is 6.39. The highest BCUT2D eigenvalue weighted by atomic mass is 79.9. The van der Waals surface area contributed by atoms with E-state index < -0.39 is 0 Å². The zero-order valence-electron chi connectivity index (χ0n) is 7.71. The van der Waals surface area contributed by atoms with Crippen molar-refractivity contribution in [2.24, 2.45) is 5.73 Å². The second kappa shape index (κ2) is 4.38. The van der Waals surface area contributed by atoms with Crippen LogP contribution in [0.5, 0.6) is 0 Å². The molecule has 78 valence electrons. The second-order valence-electron chi connectivity index (χ2n) is 2.96. The first-order valence-corrected chi connectivity index (χ1v) is 5.92. The van der Waals surface area contributed by atoms with E-state index in [1.807, 2.05) is 0 Å². The molecule has 2 aromatic rings. The molecule has 0 amide bonds. The second-order valence-corrected chi connectivity index (χ2v) is 4.93. The third kappa shape index (κ3) is 2.25. The molecule has 0 aliphatic carbocycles. The van der Waals surface area contributed by atoms with Gasteiger partial charge in [0.25, 0.3) is 0 Å². The van der Waals surface area contributed by atoms with Crippen molar-refractivity contribution in [3.8, 4) is 10.6 Å². The Labute approximate surface area is 99.1 Å². The largest absolute Gasteiger partial charge is 0.326 e. The molecule has 0 fully saturated rings. The number of nitrogens with two attached hydrogens (primary N) is 1. The summed E-state index contributed by atoms with van der Waals surface area (Å²) in [6.07, 6.45) is 1.75. The summed E-state index contributed by atoms with van der Waals surface area (Å²) in [6.45, 7) is 0.483. The maximum Gasteiger partial charge on any atom is 0.124 e. The first-order chi connectivity index (χ1) is 7.20. The summed E-state index contributed by atoms with van der Waals surface area (Å²) >= 11 is 4.83. The van der Waals surface area contributed by atoms with Gasteiger partial charge in [0.15, 0.2) is 0 Å². The lowest BCUT2D eigenvalue weighted by atomic mass is 10.2. The molecule has 0 saturated carbocycles. The molecule has 1 heterocycles. The van der Waals surface area contributed by atoms with E-state index in [1.54, 1.807) is 12.3 Å². The van der Waals surface area contributed by atoms with Gasteiger partial charge in [0.1, 0.15) is 10.8 Å². The van der Waals surface area contributed by atoms with Gasteiger partial charge in [-0.2, -0.15) is 0 Å². The van der Waals surface area contributed by atoms with Crippen LogP contribution in [0.4, 0.5) is 4.39 Å². The predicted octanol–water partition coefficient (Wildman–Crippen LogP) is 3.17. The minimum absolute atomic E-state index is 0.263. The number of benzene rings is 1. The molecule has 0 atom stereocenters. The molecule has 0 radical (unpaired) electrons. The maximum absolute atomic E-state index is 12.9. The number of aromatic nitrogens is 1. The molecule has 5 heteroatoms. The predicted molar refractivity (Wildman–Crippen MR) is 63.1 cm³/mol. The van der Waals surface area contributed by atoms with E-state index in [0.29, 0.717) is 11.0 Å². The van der Waals surface area contributed by atoms with E-state index in [1.165, 1.54) is 23.5 Å². The fourth-order valence-electron chi connectivity index (χ4n) is 1.19. The van der Waals surface area contributed by atoms with Gasteiger partial charge in [-0.05, 0) is 34.1 Å². The summed E-state index contributed by atoms with van der Waals surface area (Å²) < 4.78 is 13.6. The number of thiazole rings is 1. The molecule has 2 N–H and O–H groups in total. The fourth-order valence-corrected chi connectivity index (χ4v) is 2.69. The van der Waals surface area contributed by atoms with Crippen LogP contribution in [-0.4, -0.2) is 4.98 Å². The molecule has 0 aliphatic rings. The van der Waals surface area contributed by atoms with Crippen molar-refractivity contribution >= 4 is 27.3 Å². The van der Waals surface area contributed by atoms with Crippen LogP contribution in [0, 0.1) is 5.82 Å². The molecule has 1 aromatic heterocycles. The fraction of sp³-hybridized carbons (Fsp3) is 0.100. The van der Waals surface area contributed by atoms with Gasteiger partial charge in [-0.15, -0.1) is 11.3 Å². The highest BCUT2D eigenvalue weighted by Crippen LogP contribution is 2.31. The average molecular weight is 287 g/mol. The molecule has 0 unspecified atom stereocenters. The van der Waals surface area contributed by atoms with Crippen LogP contribution >= 0.6 is 27.3 Å². The molecule has 0 aliphatic heterocycles. The van der Waals surface area contributed by atoms with Gasteiger partial charge in [-0.1, -0.05) is 0 Å². The van der Waals surface area contributed by atoms with Crippen LogP contribution < -0.4 is 5.73 Å². The Morgan fingerprint density at radius 3 is 2.87 bits per heavy atom. The smallest absolute Gasteiger partial charge is 0.124 e.